The second-order valence-electron chi connectivity index (χ2n) is 5.25. The Morgan fingerprint density at radius 2 is 2.00 bits per heavy atom. The van der Waals surface area contributed by atoms with Crippen LogP contribution in [0.3, 0.4) is 0 Å². The number of aryl methyl sites for hydroxylation is 1. The SMILES string of the molecule is Cc1ncccc1-c1ccc(O)cc1OC1CCOCC1. The van der Waals surface area contributed by atoms with Crippen LogP contribution < -0.4 is 4.74 Å². The Morgan fingerprint density at radius 1 is 1.19 bits per heavy atom. The Bertz CT molecular complexity index is 621. The van der Waals surface area contributed by atoms with Gasteiger partial charge < -0.3 is 14.6 Å². The van der Waals surface area contributed by atoms with Gasteiger partial charge >= 0.3 is 0 Å². The Kier molecular flexibility index (Phi) is 4.06. The predicted molar refractivity (Wildman–Crippen MR) is 80.5 cm³/mol. The van der Waals surface area contributed by atoms with Crippen molar-refractivity contribution in [2.24, 2.45) is 0 Å². The van der Waals surface area contributed by atoms with E-state index in [1.807, 2.05) is 25.1 Å². The van der Waals surface area contributed by atoms with Crippen LogP contribution in [0.25, 0.3) is 11.1 Å². The number of hydrogen-bond donors (Lipinski definition) is 1. The molecule has 4 heteroatoms. The zero-order chi connectivity index (χ0) is 14.7. The maximum Gasteiger partial charge on any atom is 0.131 e. The molecule has 3 rings (SSSR count). The molecule has 0 unspecified atom stereocenters. The topological polar surface area (TPSA) is 51.6 Å². The van der Waals surface area contributed by atoms with E-state index < -0.39 is 0 Å². The lowest BCUT2D eigenvalue weighted by Gasteiger charge is -2.25. The normalized spacial score (nSPS) is 15.9. The highest BCUT2D eigenvalue weighted by atomic mass is 16.5. The van der Waals surface area contributed by atoms with Crippen molar-refractivity contribution in [3.05, 3.63) is 42.2 Å². The van der Waals surface area contributed by atoms with Gasteiger partial charge in [-0.05, 0) is 25.1 Å². The van der Waals surface area contributed by atoms with Gasteiger partial charge in [0, 0.05) is 41.9 Å². The first-order chi connectivity index (χ1) is 10.2. The number of aromatic hydroxyl groups is 1. The van der Waals surface area contributed by atoms with Crippen LogP contribution in [0.1, 0.15) is 18.5 Å². The Morgan fingerprint density at radius 3 is 2.76 bits per heavy atom. The molecule has 0 bridgehead atoms. The molecule has 0 spiro atoms. The molecular weight excluding hydrogens is 266 g/mol. The minimum Gasteiger partial charge on any atom is -0.508 e. The number of phenols is 1. The molecule has 0 saturated carbocycles. The lowest BCUT2D eigenvalue weighted by atomic mass is 10.0. The molecular formula is C17H19NO3. The number of phenolic OH excluding ortho intramolecular Hbond substituents is 1. The standard InChI is InChI=1S/C17H19NO3/c1-12-15(3-2-8-18-12)16-5-4-13(19)11-17(16)21-14-6-9-20-10-7-14/h2-5,8,11,14,19H,6-7,9-10H2,1H3. The van der Waals surface area contributed by atoms with Crippen LogP contribution in [0.5, 0.6) is 11.5 Å². The predicted octanol–water partition coefficient (Wildman–Crippen LogP) is 3.32. The summed E-state index contributed by atoms with van der Waals surface area (Å²) < 4.78 is 11.5. The van der Waals surface area contributed by atoms with Crippen LogP contribution >= 0.6 is 0 Å². The van der Waals surface area contributed by atoms with Crippen LogP contribution in [-0.4, -0.2) is 29.4 Å². The van der Waals surface area contributed by atoms with Gasteiger partial charge in [-0.2, -0.15) is 0 Å². The van der Waals surface area contributed by atoms with Crippen molar-refractivity contribution in [3.8, 4) is 22.6 Å². The summed E-state index contributed by atoms with van der Waals surface area (Å²) in [5.74, 6) is 0.917. The molecule has 1 saturated heterocycles. The summed E-state index contributed by atoms with van der Waals surface area (Å²) in [6, 6.07) is 9.17. The molecule has 110 valence electrons. The first-order valence-corrected chi connectivity index (χ1v) is 7.23. The average Bonchev–Trinajstić information content (AvgIpc) is 2.50. The molecule has 1 fully saturated rings. The molecule has 0 atom stereocenters. The number of rotatable bonds is 3. The fourth-order valence-electron chi connectivity index (χ4n) is 2.57. The molecule has 2 aromatic rings. The molecule has 1 aromatic heterocycles. The van der Waals surface area contributed by atoms with Gasteiger partial charge in [-0.1, -0.05) is 6.07 Å². The highest BCUT2D eigenvalue weighted by Gasteiger charge is 2.18. The van der Waals surface area contributed by atoms with Crippen LogP contribution in [-0.2, 0) is 4.74 Å². The van der Waals surface area contributed by atoms with Crippen molar-refractivity contribution < 1.29 is 14.6 Å². The van der Waals surface area contributed by atoms with Gasteiger partial charge in [-0.3, -0.25) is 4.98 Å². The van der Waals surface area contributed by atoms with Crippen LogP contribution in [0, 0.1) is 6.92 Å². The van der Waals surface area contributed by atoms with Crippen LogP contribution in [0.2, 0.25) is 0 Å². The van der Waals surface area contributed by atoms with Gasteiger partial charge in [-0.25, -0.2) is 0 Å². The minimum atomic E-state index is 0.135. The van der Waals surface area contributed by atoms with Crippen molar-refractivity contribution in [3.63, 3.8) is 0 Å². The molecule has 0 amide bonds. The molecule has 1 aliphatic heterocycles. The fraction of sp³-hybridized carbons (Fsp3) is 0.353. The number of nitrogens with zero attached hydrogens (tertiary/aromatic N) is 1. The van der Waals surface area contributed by atoms with E-state index in [2.05, 4.69) is 4.98 Å². The van der Waals surface area contributed by atoms with E-state index in [4.69, 9.17) is 9.47 Å². The van der Waals surface area contributed by atoms with E-state index in [0.717, 1.165) is 42.9 Å². The molecule has 2 heterocycles. The smallest absolute Gasteiger partial charge is 0.131 e. The largest absolute Gasteiger partial charge is 0.508 e. The minimum absolute atomic E-state index is 0.135. The van der Waals surface area contributed by atoms with Crippen LogP contribution in [0.4, 0.5) is 0 Å². The summed E-state index contributed by atoms with van der Waals surface area (Å²) in [5, 5.41) is 9.76. The Balaban J connectivity index is 1.95. The van der Waals surface area contributed by atoms with E-state index >= 15 is 0 Å². The van der Waals surface area contributed by atoms with E-state index in [0.29, 0.717) is 5.75 Å². The van der Waals surface area contributed by atoms with Gasteiger partial charge in [0.25, 0.3) is 0 Å². The number of aromatic nitrogens is 1. The third-order valence-electron chi connectivity index (χ3n) is 3.72. The molecule has 1 aromatic carbocycles. The Labute approximate surface area is 124 Å². The third kappa shape index (κ3) is 3.16. The van der Waals surface area contributed by atoms with E-state index in [9.17, 15) is 5.11 Å². The maximum absolute atomic E-state index is 9.76. The lowest BCUT2D eigenvalue weighted by Crippen LogP contribution is -2.26. The second kappa shape index (κ2) is 6.14. The molecule has 21 heavy (non-hydrogen) atoms. The summed E-state index contributed by atoms with van der Waals surface area (Å²) in [4.78, 5) is 4.33. The van der Waals surface area contributed by atoms with Crippen molar-refractivity contribution in [2.45, 2.75) is 25.9 Å². The summed E-state index contributed by atoms with van der Waals surface area (Å²) in [5.41, 5.74) is 2.93. The van der Waals surface area contributed by atoms with Crippen molar-refractivity contribution in [2.75, 3.05) is 13.2 Å². The van der Waals surface area contributed by atoms with Crippen molar-refractivity contribution >= 4 is 0 Å². The number of pyridine rings is 1. The van der Waals surface area contributed by atoms with Gasteiger partial charge in [0.05, 0.1) is 13.2 Å². The summed E-state index contributed by atoms with van der Waals surface area (Å²) in [6.45, 7) is 3.43. The number of benzene rings is 1. The van der Waals surface area contributed by atoms with Gasteiger partial charge in [0.2, 0.25) is 0 Å². The van der Waals surface area contributed by atoms with E-state index in [-0.39, 0.29) is 11.9 Å². The second-order valence-corrected chi connectivity index (χ2v) is 5.25. The Hall–Kier alpha value is -2.07. The molecule has 1 N–H and O–H groups in total. The van der Waals surface area contributed by atoms with Gasteiger partial charge in [0.15, 0.2) is 0 Å². The third-order valence-corrected chi connectivity index (χ3v) is 3.72. The molecule has 0 aliphatic carbocycles. The van der Waals surface area contributed by atoms with Crippen molar-refractivity contribution in [1.82, 2.24) is 4.98 Å². The van der Waals surface area contributed by atoms with Crippen molar-refractivity contribution in [1.29, 1.82) is 0 Å². The first-order valence-electron chi connectivity index (χ1n) is 7.23. The zero-order valence-electron chi connectivity index (χ0n) is 12.1. The van der Waals surface area contributed by atoms with E-state index in [1.54, 1.807) is 18.3 Å². The summed E-state index contributed by atoms with van der Waals surface area (Å²) in [7, 11) is 0. The summed E-state index contributed by atoms with van der Waals surface area (Å²) in [6.07, 6.45) is 3.66. The number of ether oxygens (including phenoxy) is 2. The zero-order valence-corrected chi connectivity index (χ0v) is 12.1. The quantitative estimate of drug-likeness (QED) is 0.940. The molecule has 4 nitrogen and oxygen atoms in total. The first kappa shape index (κ1) is 13.9. The number of hydrogen-bond acceptors (Lipinski definition) is 4. The summed E-state index contributed by atoms with van der Waals surface area (Å²) >= 11 is 0. The lowest BCUT2D eigenvalue weighted by molar-refractivity contribution is 0.0257. The highest BCUT2D eigenvalue weighted by molar-refractivity contribution is 5.73. The van der Waals surface area contributed by atoms with Gasteiger partial charge in [-0.15, -0.1) is 0 Å². The van der Waals surface area contributed by atoms with Crippen LogP contribution in [0.15, 0.2) is 36.5 Å². The van der Waals surface area contributed by atoms with E-state index in [1.165, 1.54) is 0 Å². The molecule has 0 radical (unpaired) electrons. The highest BCUT2D eigenvalue weighted by Crippen LogP contribution is 2.35. The fourth-order valence-corrected chi connectivity index (χ4v) is 2.57. The average molecular weight is 285 g/mol. The maximum atomic E-state index is 9.76. The molecule has 1 aliphatic rings. The monoisotopic (exact) mass is 285 g/mol. The van der Waals surface area contributed by atoms with Gasteiger partial charge in [0.1, 0.15) is 17.6 Å².